The first kappa shape index (κ1) is 23.2. The van der Waals surface area contributed by atoms with Crippen molar-refractivity contribution >= 4 is 39.9 Å². The van der Waals surface area contributed by atoms with Gasteiger partial charge in [0.1, 0.15) is 16.8 Å². The molecule has 1 aliphatic heterocycles. The number of amides is 2. The summed E-state index contributed by atoms with van der Waals surface area (Å²) in [6.07, 6.45) is 3.43. The molecule has 4 rings (SSSR count). The van der Waals surface area contributed by atoms with E-state index >= 15 is 0 Å². The maximum absolute atomic E-state index is 13.1. The SMILES string of the molecule is CCCCOc1ccc(C(=O)N2CCCC2C(=O)Nc2nnc(-c3ccc(Cl)cc3)s2)cc1. The number of aromatic nitrogens is 2. The Bertz CT molecular complexity index is 1100. The summed E-state index contributed by atoms with van der Waals surface area (Å²) in [4.78, 5) is 27.6. The number of carbonyl (C=O) groups excluding carboxylic acids is 2. The molecule has 1 saturated heterocycles. The maximum Gasteiger partial charge on any atom is 0.254 e. The molecule has 33 heavy (non-hydrogen) atoms. The second-order valence-corrected chi connectivity index (χ2v) is 9.21. The molecule has 0 saturated carbocycles. The topological polar surface area (TPSA) is 84.4 Å². The molecule has 0 spiro atoms. The van der Waals surface area contributed by atoms with Crippen molar-refractivity contribution in [3.8, 4) is 16.3 Å². The van der Waals surface area contributed by atoms with Crippen molar-refractivity contribution < 1.29 is 14.3 Å². The molecule has 2 heterocycles. The number of halogens is 1. The minimum absolute atomic E-state index is 0.160. The molecule has 1 atom stereocenters. The zero-order chi connectivity index (χ0) is 23.2. The monoisotopic (exact) mass is 484 g/mol. The highest BCUT2D eigenvalue weighted by atomic mass is 35.5. The molecule has 2 amide bonds. The van der Waals surface area contributed by atoms with Crippen molar-refractivity contribution in [3.05, 3.63) is 59.1 Å². The van der Waals surface area contributed by atoms with Gasteiger partial charge in [0.05, 0.1) is 6.61 Å². The highest BCUT2D eigenvalue weighted by Gasteiger charge is 2.35. The maximum atomic E-state index is 13.1. The van der Waals surface area contributed by atoms with Gasteiger partial charge in [-0.25, -0.2) is 0 Å². The average Bonchev–Trinajstić information content (AvgIpc) is 3.50. The quantitative estimate of drug-likeness (QED) is 0.439. The summed E-state index contributed by atoms with van der Waals surface area (Å²) >= 11 is 7.21. The van der Waals surface area contributed by atoms with Gasteiger partial charge in [-0.1, -0.05) is 48.4 Å². The number of rotatable bonds is 8. The van der Waals surface area contributed by atoms with Crippen LogP contribution in [0.25, 0.3) is 10.6 Å². The number of hydrogen-bond acceptors (Lipinski definition) is 6. The third kappa shape index (κ3) is 5.69. The summed E-state index contributed by atoms with van der Waals surface area (Å²) in [5, 5.41) is 12.8. The summed E-state index contributed by atoms with van der Waals surface area (Å²) < 4.78 is 5.66. The van der Waals surface area contributed by atoms with Gasteiger partial charge in [0.25, 0.3) is 5.91 Å². The zero-order valence-corrected chi connectivity index (χ0v) is 19.9. The number of anilines is 1. The molecule has 3 aromatic rings. The predicted molar refractivity (Wildman–Crippen MR) is 130 cm³/mol. The lowest BCUT2D eigenvalue weighted by Crippen LogP contribution is -2.43. The Labute approximate surface area is 201 Å². The summed E-state index contributed by atoms with van der Waals surface area (Å²) in [6, 6.07) is 13.8. The zero-order valence-electron chi connectivity index (χ0n) is 18.3. The van der Waals surface area contributed by atoms with E-state index in [4.69, 9.17) is 16.3 Å². The molecule has 0 aliphatic carbocycles. The number of unbranched alkanes of at least 4 members (excludes halogenated alkanes) is 1. The Balaban J connectivity index is 1.39. The molecule has 1 aromatic heterocycles. The lowest BCUT2D eigenvalue weighted by Gasteiger charge is -2.23. The van der Waals surface area contributed by atoms with Gasteiger partial charge >= 0.3 is 0 Å². The van der Waals surface area contributed by atoms with Crippen molar-refractivity contribution in [2.24, 2.45) is 0 Å². The Morgan fingerprint density at radius 1 is 1.15 bits per heavy atom. The van der Waals surface area contributed by atoms with Crippen LogP contribution < -0.4 is 10.1 Å². The van der Waals surface area contributed by atoms with Gasteiger partial charge in [0.2, 0.25) is 11.0 Å². The number of carbonyl (C=O) groups is 2. The van der Waals surface area contributed by atoms with Gasteiger partial charge in [0, 0.05) is 22.7 Å². The van der Waals surface area contributed by atoms with Crippen LogP contribution in [0.1, 0.15) is 43.0 Å². The first-order valence-electron chi connectivity index (χ1n) is 11.0. The highest BCUT2D eigenvalue weighted by molar-refractivity contribution is 7.18. The third-order valence-corrected chi connectivity index (χ3v) is 6.57. The fraction of sp³-hybridized carbons (Fsp3) is 0.333. The minimum atomic E-state index is -0.541. The second kappa shape index (κ2) is 10.8. The van der Waals surface area contributed by atoms with Crippen molar-refractivity contribution in [2.45, 2.75) is 38.6 Å². The molecule has 0 radical (unpaired) electrons. The van der Waals surface area contributed by atoms with Crippen molar-refractivity contribution in [3.63, 3.8) is 0 Å². The lowest BCUT2D eigenvalue weighted by atomic mass is 10.1. The molecule has 1 aliphatic rings. The second-order valence-electron chi connectivity index (χ2n) is 7.79. The minimum Gasteiger partial charge on any atom is -0.494 e. The normalized spacial score (nSPS) is 15.5. The molecule has 0 bridgehead atoms. The molecule has 9 heteroatoms. The first-order chi connectivity index (χ1) is 16.0. The van der Waals surface area contributed by atoms with Crippen LogP contribution >= 0.6 is 22.9 Å². The summed E-state index contributed by atoms with van der Waals surface area (Å²) in [6.45, 7) is 3.30. The smallest absolute Gasteiger partial charge is 0.254 e. The molecule has 2 aromatic carbocycles. The molecular formula is C24H25ClN4O3S. The Morgan fingerprint density at radius 2 is 1.91 bits per heavy atom. The molecule has 1 unspecified atom stereocenters. The van der Waals surface area contributed by atoms with Crippen LogP contribution in [0.3, 0.4) is 0 Å². The Hall–Kier alpha value is -2.97. The number of nitrogens with one attached hydrogen (secondary N) is 1. The number of hydrogen-bond donors (Lipinski definition) is 1. The van der Waals surface area contributed by atoms with Gasteiger partial charge in [-0.3, -0.25) is 14.9 Å². The number of nitrogens with zero attached hydrogens (tertiary/aromatic N) is 3. The van der Waals surface area contributed by atoms with Crippen LogP contribution in [0, 0.1) is 0 Å². The van der Waals surface area contributed by atoms with Gasteiger partial charge in [-0.15, -0.1) is 10.2 Å². The van der Waals surface area contributed by atoms with Gasteiger partial charge < -0.3 is 9.64 Å². The van der Waals surface area contributed by atoms with Crippen molar-refractivity contribution in [1.29, 1.82) is 0 Å². The van der Waals surface area contributed by atoms with E-state index in [1.807, 2.05) is 12.1 Å². The third-order valence-electron chi connectivity index (χ3n) is 5.43. The Kier molecular flexibility index (Phi) is 7.57. The largest absolute Gasteiger partial charge is 0.494 e. The van der Waals surface area contributed by atoms with E-state index in [2.05, 4.69) is 22.4 Å². The molecule has 172 valence electrons. The van der Waals surface area contributed by atoms with E-state index < -0.39 is 6.04 Å². The van der Waals surface area contributed by atoms with Crippen LogP contribution in [0.4, 0.5) is 5.13 Å². The molecule has 1 N–H and O–H groups in total. The Morgan fingerprint density at radius 3 is 2.64 bits per heavy atom. The molecular weight excluding hydrogens is 460 g/mol. The van der Waals surface area contributed by atoms with Crippen molar-refractivity contribution in [1.82, 2.24) is 15.1 Å². The fourth-order valence-corrected chi connectivity index (χ4v) is 4.53. The number of benzene rings is 2. The average molecular weight is 485 g/mol. The van der Waals surface area contributed by atoms with E-state index in [-0.39, 0.29) is 11.8 Å². The summed E-state index contributed by atoms with van der Waals surface area (Å²) in [7, 11) is 0. The summed E-state index contributed by atoms with van der Waals surface area (Å²) in [5.41, 5.74) is 1.41. The van der Waals surface area contributed by atoms with Crippen molar-refractivity contribution in [2.75, 3.05) is 18.5 Å². The van der Waals surface area contributed by atoms with E-state index in [0.717, 1.165) is 30.6 Å². The molecule has 7 nitrogen and oxygen atoms in total. The van der Waals surface area contributed by atoms with Crippen LogP contribution in [-0.4, -0.2) is 46.1 Å². The van der Waals surface area contributed by atoms with Gasteiger partial charge in [0.15, 0.2) is 0 Å². The lowest BCUT2D eigenvalue weighted by molar-refractivity contribution is -0.119. The predicted octanol–water partition coefficient (Wildman–Crippen LogP) is 5.28. The fourth-order valence-electron chi connectivity index (χ4n) is 3.65. The van der Waals surface area contributed by atoms with Crippen LogP contribution in [0.2, 0.25) is 5.02 Å². The van der Waals surface area contributed by atoms with Crippen LogP contribution in [0.5, 0.6) is 5.75 Å². The van der Waals surface area contributed by atoms with Gasteiger partial charge in [-0.05, 0) is 55.7 Å². The van der Waals surface area contributed by atoms with E-state index in [9.17, 15) is 9.59 Å². The van der Waals surface area contributed by atoms with Crippen LogP contribution in [-0.2, 0) is 4.79 Å². The van der Waals surface area contributed by atoms with Gasteiger partial charge in [-0.2, -0.15) is 0 Å². The van der Waals surface area contributed by atoms with E-state index in [1.54, 1.807) is 41.3 Å². The van der Waals surface area contributed by atoms with E-state index in [1.165, 1.54) is 11.3 Å². The highest BCUT2D eigenvalue weighted by Crippen LogP contribution is 2.28. The molecule has 1 fully saturated rings. The van der Waals surface area contributed by atoms with E-state index in [0.29, 0.717) is 40.3 Å². The number of ether oxygens (including phenoxy) is 1. The first-order valence-corrected chi connectivity index (χ1v) is 12.2. The summed E-state index contributed by atoms with van der Waals surface area (Å²) in [5.74, 6) is 0.328. The standard InChI is InChI=1S/C24H25ClN4O3S/c1-2-3-15-32-19-12-8-17(9-13-19)23(31)29-14-4-5-20(29)21(30)26-24-28-27-22(33-24)16-6-10-18(25)11-7-16/h6-13,20H,2-5,14-15H2,1H3,(H,26,28,30). The number of likely N-dealkylation sites (tertiary alicyclic amines) is 1. The van der Waals surface area contributed by atoms with Crippen LogP contribution in [0.15, 0.2) is 48.5 Å².